The van der Waals surface area contributed by atoms with Crippen LogP contribution in [-0.4, -0.2) is 65.5 Å². The van der Waals surface area contributed by atoms with Gasteiger partial charge in [0.1, 0.15) is 12.2 Å². The monoisotopic (exact) mass is 277 g/mol. The molecule has 0 bridgehead atoms. The molecule has 5 N–H and O–H groups in total. The largest absolute Gasteiger partial charge is 0.394 e. The summed E-state index contributed by atoms with van der Waals surface area (Å²) < 4.78 is 10.4. The zero-order chi connectivity index (χ0) is 14.3. The minimum Gasteiger partial charge on any atom is -0.394 e. The summed E-state index contributed by atoms with van der Waals surface area (Å²) in [4.78, 5) is 11.5. The van der Waals surface area contributed by atoms with E-state index < -0.39 is 37.0 Å². The van der Waals surface area contributed by atoms with Gasteiger partial charge < -0.3 is 30.5 Å². The van der Waals surface area contributed by atoms with Crippen LogP contribution in [0.15, 0.2) is 0 Å². The summed E-state index contributed by atoms with van der Waals surface area (Å²) in [7, 11) is 0. The molecule has 1 heterocycles. The summed E-state index contributed by atoms with van der Waals surface area (Å²) in [6, 6.07) is 0. The lowest BCUT2D eigenvalue weighted by Gasteiger charge is -2.34. The average Bonchev–Trinajstić information content (AvgIpc) is 2.42. The Kier molecular flexibility index (Phi) is 7.44. The number of hydrogen-bond donors (Lipinski definition) is 4. The molecule has 0 amide bonds. The van der Waals surface area contributed by atoms with Gasteiger partial charge in [0, 0.05) is 6.61 Å². The summed E-state index contributed by atoms with van der Waals surface area (Å²) in [5.41, 5.74) is 5.37. The van der Waals surface area contributed by atoms with Crippen LogP contribution in [0.4, 0.5) is 0 Å². The highest BCUT2D eigenvalue weighted by atomic mass is 16.7. The van der Waals surface area contributed by atoms with Crippen molar-refractivity contribution >= 4 is 5.78 Å². The van der Waals surface area contributed by atoms with Crippen LogP contribution in [0.3, 0.4) is 0 Å². The van der Waals surface area contributed by atoms with E-state index in [-0.39, 0.29) is 0 Å². The highest BCUT2D eigenvalue weighted by Gasteiger charge is 2.43. The highest BCUT2D eigenvalue weighted by molar-refractivity contribution is 5.88. The summed E-state index contributed by atoms with van der Waals surface area (Å²) in [6.45, 7) is 0.500. The molecule has 1 aliphatic heterocycles. The summed E-state index contributed by atoms with van der Waals surface area (Å²) >= 11 is 0. The molecule has 0 saturated carbocycles. The molecular formula is C12H23NO6. The number of aliphatic hydroxyl groups is 3. The van der Waals surface area contributed by atoms with E-state index in [0.717, 1.165) is 25.7 Å². The molecule has 4 unspecified atom stereocenters. The average molecular weight is 277 g/mol. The molecule has 7 heteroatoms. The van der Waals surface area contributed by atoms with Crippen LogP contribution in [0.25, 0.3) is 0 Å². The number of hydrogen-bond acceptors (Lipinski definition) is 7. The molecule has 0 spiro atoms. The maximum Gasteiger partial charge on any atom is 0.197 e. The molecule has 1 fully saturated rings. The maximum absolute atomic E-state index is 11.5. The van der Waals surface area contributed by atoms with Crippen molar-refractivity contribution in [2.24, 2.45) is 5.73 Å². The molecule has 112 valence electrons. The normalized spacial score (nSPS) is 31.7. The van der Waals surface area contributed by atoms with Gasteiger partial charge in [-0.15, -0.1) is 0 Å². The molecule has 0 aromatic heterocycles. The van der Waals surface area contributed by atoms with Crippen molar-refractivity contribution in [2.75, 3.05) is 19.8 Å². The molecule has 0 aromatic carbocycles. The van der Waals surface area contributed by atoms with Gasteiger partial charge in [-0.2, -0.15) is 0 Å². The van der Waals surface area contributed by atoms with Gasteiger partial charge in [-0.1, -0.05) is 12.8 Å². The van der Waals surface area contributed by atoms with Gasteiger partial charge in [-0.05, 0) is 19.4 Å². The van der Waals surface area contributed by atoms with E-state index in [1.807, 2.05) is 0 Å². The Morgan fingerprint density at radius 1 is 1.16 bits per heavy atom. The number of ketones is 1. The SMILES string of the molecule is NCCCCCCOC1OC(CO)C(O)C(=O)C1O. The molecule has 1 aliphatic rings. The molecular weight excluding hydrogens is 254 g/mol. The van der Waals surface area contributed by atoms with E-state index in [0.29, 0.717) is 13.2 Å². The van der Waals surface area contributed by atoms with Gasteiger partial charge in [0.2, 0.25) is 0 Å². The molecule has 0 radical (unpaired) electrons. The zero-order valence-electron chi connectivity index (χ0n) is 10.9. The van der Waals surface area contributed by atoms with Crippen molar-refractivity contribution in [1.29, 1.82) is 0 Å². The van der Waals surface area contributed by atoms with Crippen LogP contribution in [0, 0.1) is 0 Å². The second-order valence-electron chi connectivity index (χ2n) is 4.59. The Morgan fingerprint density at radius 3 is 2.47 bits per heavy atom. The number of carbonyl (C=O) groups is 1. The van der Waals surface area contributed by atoms with E-state index in [1.165, 1.54) is 0 Å². The van der Waals surface area contributed by atoms with Crippen molar-refractivity contribution in [3.05, 3.63) is 0 Å². The van der Waals surface area contributed by atoms with E-state index >= 15 is 0 Å². The van der Waals surface area contributed by atoms with Crippen molar-refractivity contribution in [3.63, 3.8) is 0 Å². The lowest BCUT2D eigenvalue weighted by Crippen LogP contribution is -2.56. The van der Waals surface area contributed by atoms with E-state index in [2.05, 4.69) is 0 Å². The van der Waals surface area contributed by atoms with Crippen LogP contribution in [0.2, 0.25) is 0 Å². The predicted octanol–water partition coefficient (Wildman–Crippen LogP) is -1.47. The Bertz CT molecular complexity index is 275. The second-order valence-corrected chi connectivity index (χ2v) is 4.59. The Morgan fingerprint density at radius 2 is 1.84 bits per heavy atom. The maximum atomic E-state index is 11.5. The van der Waals surface area contributed by atoms with Crippen molar-refractivity contribution in [1.82, 2.24) is 0 Å². The van der Waals surface area contributed by atoms with Crippen molar-refractivity contribution in [2.45, 2.75) is 50.3 Å². The lowest BCUT2D eigenvalue weighted by molar-refractivity contribution is -0.255. The molecule has 0 aliphatic carbocycles. The predicted molar refractivity (Wildman–Crippen MR) is 66.2 cm³/mol. The second kappa shape index (κ2) is 8.57. The molecule has 1 saturated heterocycles. The first-order chi connectivity index (χ1) is 9.11. The number of nitrogens with two attached hydrogens (primary N) is 1. The van der Waals surface area contributed by atoms with Gasteiger partial charge in [0.05, 0.1) is 6.61 Å². The quantitative estimate of drug-likeness (QED) is 0.399. The first-order valence-corrected chi connectivity index (χ1v) is 6.59. The Labute approximate surface area is 112 Å². The summed E-state index contributed by atoms with van der Waals surface area (Å²) in [5.74, 6) is -0.779. The fourth-order valence-corrected chi connectivity index (χ4v) is 1.89. The summed E-state index contributed by atoms with van der Waals surface area (Å²) in [6.07, 6.45) is -1.51. The van der Waals surface area contributed by atoms with E-state index in [9.17, 15) is 15.0 Å². The molecule has 7 nitrogen and oxygen atoms in total. The minimum absolute atomic E-state index is 0.341. The van der Waals surface area contributed by atoms with Crippen LogP contribution in [-0.2, 0) is 14.3 Å². The molecule has 1 rings (SSSR count). The minimum atomic E-state index is -1.51. The first-order valence-electron chi connectivity index (χ1n) is 6.59. The number of Topliss-reactive ketones (excluding diaryl/α,β-unsaturated/α-hetero) is 1. The highest BCUT2D eigenvalue weighted by Crippen LogP contribution is 2.19. The number of unbranched alkanes of at least 4 members (excludes halogenated alkanes) is 3. The van der Waals surface area contributed by atoms with Crippen molar-refractivity contribution in [3.8, 4) is 0 Å². The number of aliphatic hydroxyl groups excluding tert-OH is 3. The van der Waals surface area contributed by atoms with Gasteiger partial charge in [0.25, 0.3) is 0 Å². The smallest absolute Gasteiger partial charge is 0.197 e. The van der Waals surface area contributed by atoms with Gasteiger partial charge in [-0.3, -0.25) is 4.79 Å². The summed E-state index contributed by atoms with van der Waals surface area (Å²) in [5, 5.41) is 28.0. The Balaban J connectivity index is 2.30. The fourth-order valence-electron chi connectivity index (χ4n) is 1.89. The first kappa shape index (κ1) is 16.5. The molecule has 19 heavy (non-hydrogen) atoms. The van der Waals surface area contributed by atoms with Crippen LogP contribution in [0.1, 0.15) is 25.7 Å². The topological polar surface area (TPSA) is 122 Å². The van der Waals surface area contributed by atoms with Crippen LogP contribution in [0.5, 0.6) is 0 Å². The van der Waals surface area contributed by atoms with Crippen LogP contribution >= 0.6 is 0 Å². The number of rotatable bonds is 8. The number of carbonyl (C=O) groups excluding carboxylic acids is 1. The van der Waals surface area contributed by atoms with Gasteiger partial charge >= 0.3 is 0 Å². The third-order valence-electron chi connectivity index (χ3n) is 3.06. The number of ether oxygens (including phenoxy) is 2. The van der Waals surface area contributed by atoms with Gasteiger partial charge in [0.15, 0.2) is 18.2 Å². The molecule has 0 aromatic rings. The van der Waals surface area contributed by atoms with E-state index in [4.69, 9.17) is 20.3 Å². The third-order valence-corrected chi connectivity index (χ3v) is 3.06. The third kappa shape index (κ3) is 4.79. The van der Waals surface area contributed by atoms with E-state index in [1.54, 1.807) is 0 Å². The standard InChI is InChI=1S/C12H23NO6/c13-5-3-1-2-4-6-18-12-11(17)10(16)9(15)8(7-14)19-12/h8-9,11-12,14-15,17H,1-7,13H2. The van der Waals surface area contributed by atoms with Crippen LogP contribution < -0.4 is 5.73 Å². The van der Waals surface area contributed by atoms with Gasteiger partial charge in [-0.25, -0.2) is 0 Å². The molecule has 4 atom stereocenters. The van der Waals surface area contributed by atoms with Crippen molar-refractivity contribution < 1.29 is 29.6 Å². The fraction of sp³-hybridized carbons (Fsp3) is 0.917. The Hall–Kier alpha value is -0.570. The zero-order valence-corrected chi connectivity index (χ0v) is 10.9. The lowest BCUT2D eigenvalue weighted by atomic mass is 10.0.